The first kappa shape index (κ1) is 13.3. The summed E-state index contributed by atoms with van der Waals surface area (Å²) >= 11 is 0. The summed E-state index contributed by atoms with van der Waals surface area (Å²) in [7, 11) is 2.16. The molecule has 0 bridgehead atoms. The van der Waals surface area contributed by atoms with Gasteiger partial charge in [-0.25, -0.2) is 0 Å². The molecule has 0 saturated carbocycles. The Morgan fingerprint density at radius 3 is 2.61 bits per heavy atom. The number of aliphatic hydroxyl groups excluding tert-OH is 1. The highest BCUT2D eigenvalue weighted by Gasteiger charge is 2.13. The Hall–Kier alpha value is -1.10. The predicted octanol–water partition coefficient (Wildman–Crippen LogP) is 0.805. The predicted molar refractivity (Wildman–Crippen MR) is 71.8 cm³/mol. The number of aliphatic hydroxyl groups is 1. The van der Waals surface area contributed by atoms with Gasteiger partial charge in [-0.05, 0) is 13.1 Å². The van der Waals surface area contributed by atoms with E-state index in [1.807, 2.05) is 24.3 Å². The van der Waals surface area contributed by atoms with E-state index in [1.165, 1.54) is 0 Å². The van der Waals surface area contributed by atoms with Gasteiger partial charge in [0.2, 0.25) is 0 Å². The number of para-hydroxylation sites is 1. The van der Waals surface area contributed by atoms with Crippen LogP contribution in [0.4, 0.5) is 0 Å². The van der Waals surface area contributed by atoms with Gasteiger partial charge in [-0.15, -0.1) is 0 Å². The van der Waals surface area contributed by atoms with Gasteiger partial charge in [0, 0.05) is 38.3 Å². The molecule has 0 aromatic heterocycles. The van der Waals surface area contributed by atoms with Crippen LogP contribution in [0, 0.1) is 0 Å². The average Bonchev–Trinajstić information content (AvgIpc) is 2.41. The molecule has 100 valence electrons. The maximum absolute atomic E-state index is 9.20. The van der Waals surface area contributed by atoms with E-state index in [1.54, 1.807) is 0 Å². The van der Waals surface area contributed by atoms with E-state index in [9.17, 15) is 5.11 Å². The van der Waals surface area contributed by atoms with Gasteiger partial charge in [0.25, 0.3) is 0 Å². The van der Waals surface area contributed by atoms with E-state index in [2.05, 4.69) is 16.8 Å². The van der Waals surface area contributed by atoms with Crippen molar-refractivity contribution in [2.75, 3.05) is 46.4 Å². The summed E-state index contributed by atoms with van der Waals surface area (Å²) in [5.74, 6) is 0.800. The highest BCUT2D eigenvalue weighted by Crippen LogP contribution is 2.17. The Bertz CT molecular complexity index is 363. The van der Waals surface area contributed by atoms with Gasteiger partial charge >= 0.3 is 0 Å². The van der Waals surface area contributed by atoms with Crippen LogP contribution >= 0.6 is 0 Å². The van der Waals surface area contributed by atoms with Gasteiger partial charge in [-0.2, -0.15) is 0 Å². The van der Waals surface area contributed by atoms with E-state index in [0.29, 0.717) is 6.61 Å². The van der Waals surface area contributed by atoms with Crippen LogP contribution < -0.4 is 4.74 Å². The van der Waals surface area contributed by atoms with E-state index in [-0.39, 0.29) is 6.61 Å². The number of hydrogen-bond donors (Lipinski definition) is 1. The van der Waals surface area contributed by atoms with Crippen molar-refractivity contribution >= 4 is 0 Å². The molecule has 0 unspecified atom stereocenters. The Kier molecular flexibility index (Phi) is 4.99. The quantitative estimate of drug-likeness (QED) is 0.839. The zero-order valence-corrected chi connectivity index (χ0v) is 11.0. The minimum absolute atomic E-state index is 0.0324. The van der Waals surface area contributed by atoms with Crippen molar-refractivity contribution in [3.8, 4) is 5.75 Å². The summed E-state index contributed by atoms with van der Waals surface area (Å²) in [5, 5.41) is 9.20. The van der Waals surface area contributed by atoms with Crippen LogP contribution in [0.2, 0.25) is 0 Å². The molecule has 0 spiro atoms. The number of hydrogen-bond acceptors (Lipinski definition) is 4. The van der Waals surface area contributed by atoms with Crippen molar-refractivity contribution in [1.82, 2.24) is 9.80 Å². The molecular formula is C14H22N2O2. The third-order valence-corrected chi connectivity index (χ3v) is 3.40. The molecule has 2 rings (SSSR count). The normalized spacial score (nSPS) is 17.9. The van der Waals surface area contributed by atoms with Crippen LogP contribution in [-0.4, -0.2) is 61.3 Å². The van der Waals surface area contributed by atoms with Gasteiger partial charge < -0.3 is 14.7 Å². The van der Waals surface area contributed by atoms with Crippen molar-refractivity contribution in [2.45, 2.75) is 6.61 Å². The first-order chi connectivity index (χ1) is 8.79. The maximum Gasteiger partial charge on any atom is 0.124 e. The molecule has 4 heteroatoms. The second-order valence-electron chi connectivity index (χ2n) is 4.76. The largest absolute Gasteiger partial charge is 0.492 e. The highest BCUT2D eigenvalue weighted by molar-refractivity contribution is 5.32. The Morgan fingerprint density at radius 1 is 1.17 bits per heavy atom. The molecule has 1 heterocycles. The Morgan fingerprint density at radius 2 is 1.89 bits per heavy atom. The number of likely N-dealkylation sites (N-methyl/N-ethyl adjacent to an activating group) is 1. The van der Waals surface area contributed by atoms with Gasteiger partial charge in [0.1, 0.15) is 12.4 Å². The maximum atomic E-state index is 9.20. The molecule has 1 aromatic rings. The fourth-order valence-corrected chi connectivity index (χ4v) is 2.13. The third kappa shape index (κ3) is 3.70. The summed E-state index contributed by atoms with van der Waals surface area (Å²) in [6.07, 6.45) is 0. The van der Waals surface area contributed by atoms with Crippen molar-refractivity contribution in [2.24, 2.45) is 0 Å². The van der Waals surface area contributed by atoms with Gasteiger partial charge in [0.05, 0.1) is 6.61 Å². The number of benzene rings is 1. The lowest BCUT2D eigenvalue weighted by Gasteiger charge is -2.32. The van der Waals surface area contributed by atoms with Crippen molar-refractivity contribution in [3.63, 3.8) is 0 Å². The summed E-state index contributed by atoms with van der Waals surface area (Å²) in [6, 6.07) is 7.66. The lowest BCUT2D eigenvalue weighted by Crippen LogP contribution is -2.45. The Labute approximate surface area is 109 Å². The number of rotatable bonds is 5. The minimum atomic E-state index is 0.0324. The fraction of sp³-hybridized carbons (Fsp3) is 0.571. The van der Waals surface area contributed by atoms with Crippen LogP contribution in [0.15, 0.2) is 24.3 Å². The van der Waals surface area contributed by atoms with E-state index >= 15 is 0 Å². The van der Waals surface area contributed by atoms with Crippen molar-refractivity contribution in [1.29, 1.82) is 0 Å². The van der Waals surface area contributed by atoms with Gasteiger partial charge in [-0.1, -0.05) is 18.2 Å². The lowest BCUT2D eigenvalue weighted by molar-refractivity contribution is 0.133. The van der Waals surface area contributed by atoms with Gasteiger partial charge in [-0.3, -0.25) is 4.90 Å². The van der Waals surface area contributed by atoms with Crippen LogP contribution in [0.5, 0.6) is 5.75 Å². The SMILES string of the molecule is CN1CCN(CCOc2ccccc2CO)CC1. The molecule has 0 amide bonds. The summed E-state index contributed by atoms with van der Waals surface area (Å²) in [6.45, 7) is 6.16. The molecule has 18 heavy (non-hydrogen) atoms. The standard InChI is InChI=1S/C14H22N2O2/c1-15-6-8-16(9-7-15)10-11-18-14-5-3-2-4-13(14)12-17/h2-5,17H,6-12H2,1H3. The molecule has 4 nitrogen and oxygen atoms in total. The molecule has 0 atom stereocenters. The van der Waals surface area contributed by atoms with Crippen molar-refractivity contribution < 1.29 is 9.84 Å². The monoisotopic (exact) mass is 250 g/mol. The first-order valence-electron chi connectivity index (χ1n) is 6.52. The zero-order valence-electron chi connectivity index (χ0n) is 11.0. The number of ether oxygens (including phenoxy) is 1. The van der Waals surface area contributed by atoms with Crippen LogP contribution in [0.3, 0.4) is 0 Å². The molecule has 1 fully saturated rings. The molecule has 1 aromatic carbocycles. The zero-order chi connectivity index (χ0) is 12.8. The smallest absolute Gasteiger partial charge is 0.124 e. The summed E-state index contributed by atoms with van der Waals surface area (Å²) in [5.41, 5.74) is 0.857. The van der Waals surface area contributed by atoms with Crippen LogP contribution in [0.1, 0.15) is 5.56 Å². The number of nitrogens with zero attached hydrogens (tertiary/aromatic N) is 2. The van der Waals surface area contributed by atoms with E-state index in [4.69, 9.17) is 4.74 Å². The average molecular weight is 250 g/mol. The summed E-state index contributed by atoms with van der Waals surface area (Å²) < 4.78 is 5.74. The van der Waals surface area contributed by atoms with E-state index < -0.39 is 0 Å². The van der Waals surface area contributed by atoms with Crippen LogP contribution in [-0.2, 0) is 6.61 Å². The number of piperazine rings is 1. The van der Waals surface area contributed by atoms with E-state index in [0.717, 1.165) is 44.0 Å². The Balaban J connectivity index is 1.75. The third-order valence-electron chi connectivity index (χ3n) is 3.40. The molecular weight excluding hydrogens is 228 g/mol. The molecule has 0 aliphatic carbocycles. The van der Waals surface area contributed by atoms with Gasteiger partial charge in [0.15, 0.2) is 0 Å². The molecule has 1 saturated heterocycles. The first-order valence-corrected chi connectivity index (χ1v) is 6.52. The van der Waals surface area contributed by atoms with Crippen LogP contribution in [0.25, 0.3) is 0 Å². The molecule has 0 radical (unpaired) electrons. The topological polar surface area (TPSA) is 35.9 Å². The lowest BCUT2D eigenvalue weighted by atomic mass is 10.2. The molecule has 1 aliphatic rings. The van der Waals surface area contributed by atoms with Crippen molar-refractivity contribution in [3.05, 3.63) is 29.8 Å². The minimum Gasteiger partial charge on any atom is -0.492 e. The second kappa shape index (κ2) is 6.73. The highest BCUT2D eigenvalue weighted by atomic mass is 16.5. The molecule has 1 aliphatic heterocycles. The second-order valence-corrected chi connectivity index (χ2v) is 4.76. The summed E-state index contributed by atoms with van der Waals surface area (Å²) in [4.78, 5) is 4.76. The fourth-order valence-electron chi connectivity index (χ4n) is 2.13. The molecule has 1 N–H and O–H groups in total.